The highest BCUT2D eigenvalue weighted by molar-refractivity contribution is 5.85. The second-order valence-corrected chi connectivity index (χ2v) is 5.79. The van der Waals surface area contributed by atoms with Gasteiger partial charge in [-0.25, -0.2) is 0 Å². The van der Waals surface area contributed by atoms with Crippen molar-refractivity contribution in [3.8, 4) is 0 Å². The van der Waals surface area contributed by atoms with Crippen LogP contribution in [0.25, 0.3) is 0 Å². The van der Waals surface area contributed by atoms with Crippen molar-refractivity contribution in [2.45, 2.75) is 49.9 Å². The maximum atomic E-state index is 10.3. The highest BCUT2D eigenvalue weighted by Gasteiger charge is 2.48. The Hall–Kier alpha value is -0.560. The van der Waals surface area contributed by atoms with E-state index >= 15 is 0 Å². The van der Waals surface area contributed by atoms with Crippen LogP contribution in [-0.2, 0) is 9.59 Å². The average Bonchev–Trinajstić information content (AvgIpc) is 3.16. The summed E-state index contributed by atoms with van der Waals surface area (Å²) in [4.78, 5) is 20.6. The minimum Gasteiger partial charge on any atom is -0.480 e. The minimum atomic E-state index is -0.692. The van der Waals surface area contributed by atoms with Crippen LogP contribution in [0.15, 0.2) is 0 Å². The van der Waals surface area contributed by atoms with E-state index in [1.807, 2.05) is 0 Å². The van der Waals surface area contributed by atoms with Crippen molar-refractivity contribution in [3.63, 3.8) is 0 Å². The first-order valence-electron chi connectivity index (χ1n) is 6.52. The molecule has 0 unspecified atom stereocenters. The van der Waals surface area contributed by atoms with Crippen LogP contribution in [0.5, 0.6) is 0 Å². The van der Waals surface area contributed by atoms with Gasteiger partial charge in [-0.15, -0.1) is 24.8 Å². The van der Waals surface area contributed by atoms with Crippen LogP contribution >= 0.6 is 24.8 Å². The zero-order chi connectivity index (χ0) is 12.9. The zero-order valence-corrected chi connectivity index (χ0v) is 12.5. The maximum absolute atomic E-state index is 10.3. The molecule has 0 aromatic carbocycles. The summed E-state index contributed by atoms with van der Waals surface area (Å²) in [6.07, 6.45) is 4.09. The molecule has 0 amide bonds. The number of carboxylic acids is 2. The first kappa shape index (κ1) is 17.5. The van der Waals surface area contributed by atoms with Crippen molar-refractivity contribution < 1.29 is 19.8 Å². The number of hydrogen-bond donors (Lipinski definition) is 4. The van der Waals surface area contributed by atoms with E-state index in [9.17, 15) is 9.59 Å². The molecule has 0 aromatic rings. The van der Waals surface area contributed by atoms with Crippen LogP contribution in [0, 0.1) is 11.8 Å². The number of carboxylic acid groups (broad SMARTS) is 2. The molecule has 2 saturated heterocycles. The lowest BCUT2D eigenvalue weighted by atomic mass is 10.2. The van der Waals surface area contributed by atoms with Crippen LogP contribution in [0.2, 0.25) is 0 Å². The summed E-state index contributed by atoms with van der Waals surface area (Å²) in [6, 6.07) is 0.611. The van der Waals surface area contributed by atoms with E-state index in [2.05, 4.69) is 10.6 Å². The predicted octanol–water partition coefficient (Wildman–Crippen LogP) is 0.486. The SMILES string of the molecule is Cl.Cl.O=C(O)[C@@H]1C[C@@H]2C[C@@H]2N1.O=C(O)[C@H]1C[C@H]2C[C@H]2N1. The zero-order valence-electron chi connectivity index (χ0n) is 10.8. The monoisotopic (exact) mass is 326 g/mol. The number of piperidine rings is 2. The minimum absolute atomic E-state index is 0. The Kier molecular flexibility index (Phi) is 5.66. The number of nitrogens with one attached hydrogen (secondary N) is 2. The Morgan fingerprint density at radius 1 is 0.750 bits per heavy atom. The highest BCUT2D eigenvalue weighted by Crippen LogP contribution is 2.41. The summed E-state index contributed by atoms with van der Waals surface area (Å²) in [5.41, 5.74) is 0. The predicted molar refractivity (Wildman–Crippen MR) is 76.6 cm³/mol. The topological polar surface area (TPSA) is 98.7 Å². The molecule has 4 fully saturated rings. The molecule has 6 nitrogen and oxygen atoms in total. The van der Waals surface area contributed by atoms with Gasteiger partial charge in [0.05, 0.1) is 0 Å². The van der Waals surface area contributed by atoms with Crippen LogP contribution in [0.3, 0.4) is 0 Å². The molecule has 2 heterocycles. The number of aliphatic carboxylic acids is 2. The molecule has 0 radical (unpaired) electrons. The Balaban J connectivity index is 0.000000182. The molecule has 116 valence electrons. The molecule has 0 spiro atoms. The first-order valence-corrected chi connectivity index (χ1v) is 6.52. The normalized spacial score (nSPS) is 41.8. The molecule has 2 saturated carbocycles. The fourth-order valence-electron chi connectivity index (χ4n) is 3.03. The van der Waals surface area contributed by atoms with Crippen molar-refractivity contribution in [1.29, 1.82) is 0 Å². The fraction of sp³-hybridized carbons (Fsp3) is 0.833. The Morgan fingerprint density at radius 2 is 1.10 bits per heavy atom. The molecule has 4 aliphatic rings. The van der Waals surface area contributed by atoms with Gasteiger partial charge in [0.2, 0.25) is 0 Å². The van der Waals surface area contributed by atoms with E-state index in [0.29, 0.717) is 23.9 Å². The molecule has 4 rings (SSSR count). The smallest absolute Gasteiger partial charge is 0.320 e. The van der Waals surface area contributed by atoms with Gasteiger partial charge < -0.3 is 20.8 Å². The molecule has 0 aromatic heterocycles. The summed E-state index contributed by atoms with van der Waals surface area (Å²) < 4.78 is 0. The third-order valence-corrected chi connectivity index (χ3v) is 4.35. The quantitative estimate of drug-likeness (QED) is 0.589. The van der Waals surface area contributed by atoms with E-state index in [0.717, 1.165) is 12.8 Å². The van der Waals surface area contributed by atoms with Gasteiger partial charge in [0, 0.05) is 12.1 Å². The molecule has 6 atom stereocenters. The molecule has 0 bridgehead atoms. The van der Waals surface area contributed by atoms with Gasteiger partial charge in [0.25, 0.3) is 0 Å². The second kappa shape index (κ2) is 6.47. The standard InChI is InChI=1S/2C6H9NO2.2ClH/c2*8-6(9)5-2-3-1-4(3)7-5;;/h2*3-5,7H,1-2H2,(H,8,9);2*1H/t2*3-,4-,5-;;/m10../s1. The molecular formula is C12H20Cl2N2O4. The maximum Gasteiger partial charge on any atom is 0.320 e. The molecule has 4 N–H and O–H groups in total. The van der Waals surface area contributed by atoms with Crippen molar-refractivity contribution in [2.24, 2.45) is 11.8 Å². The lowest BCUT2D eigenvalue weighted by molar-refractivity contribution is -0.140. The molecule has 8 heteroatoms. The van der Waals surface area contributed by atoms with E-state index in [4.69, 9.17) is 10.2 Å². The highest BCUT2D eigenvalue weighted by atomic mass is 35.5. The molecule has 2 aliphatic carbocycles. The Morgan fingerprint density at radius 3 is 1.25 bits per heavy atom. The van der Waals surface area contributed by atoms with Gasteiger partial charge in [-0.3, -0.25) is 9.59 Å². The van der Waals surface area contributed by atoms with Crippen LogP contribution < -0.4 is 10.6 Å². The third kappa shape index (κ3) is 3.75. The summed E-state index contributed by atoms with van der Waals surface area (Å²) in [5, 5.41) is 23.0. The van der Waals surface area contributed by atoms with Gasteiger partial charge in [0.15, 0.2) is 0 Å². The van der Waals surface area contributed by atoms with E-state index in [1.165, 1.54) is 12.8 Å². The van der Waals surface area contributed by atoms with Crippen LogP contribution in [-0.4, -0.2) is 46.3 Å². The number of carbonyl (C=O) groups is 2. The number of fused-ring (bicyclic) bond motifs is 2. The van der Waals surface area contributed by atoms with Crippen molar-refractivity contribution in [3.05, 3.63) is 0 Å². The Labute approximate surface area is 129 Å². The number of halogens is 2. The summed E-state index contributed by atoms with van der Waals surface area (Å²) in [6.45, 7) is 0. The fourth-order valence-corrected chi connectivity index (χ4v) is 3.03. The largest absolute Gasteiger partial charge is 0.480 e. The van der Waals surface area contributed by atoms with Crippen LogP contribution in [0.1, 0.15) is 25.7 Å². The van der Waals surface area contributed by atoms with Gasteiger partial charge in [-0.2, -0.15) is 0 Å². The lowest BCUT2D eigenvalue weighted by Gasteiger charge is -2.04. The lowest BCUT2D eigenvalue weighted by Crippen LogP contribution is -2.33. The summed E-state index contributed by atoms with van der Waals surface area (Å²) in [5.74, 6) is -0.0124. The van der Waals surface area contributed by atoms with Gasteiger partial charge in [-0.1, -0.05) is 0 Å². The first-order chi connectivity index (χ1) is 8.54. The van der Waals surface area contributed by atoms with Crippen LogP contribution in [0.4, 0.5) is 0 Å². The molecule has 20 heavy (non-hydrogen) atoms. The van der Waals surface area contributed by atoms with E-state index in [-0.39, 0.29) is 36.9 Å². The number of rotatable bonds is 2. The summed E-state index contributed by atoms with van der Waals surface area (Å²) >= 11 is 0. The average molecular weight is 327 g/mol. The van der Waals surface area contributed by atoms with Gasteiger partial charge in [0.1, 0.15) is 12.1 Å². The molecular weight excluding hydrogens is 307 g/mol. The van der Waals surface area contributed by atoms with Gasteiger partial charge in [-0.05, 0) is 37.5 Å². The van der Waals surface area contributed by atoms with Crippen molar-refractivity contribution in [2.75, 3.05) is 0 Å². The van der Waals surface area contributed by atoms with Crippen molar-refractivity contribution >= 4 is 36.8 Å². The van der Waals surface area contributed by atoms with Crippen molar-refractivity contribution in [1.82, 2.24) is 10.6 Å². The second-order valence-electron chi connectivity index (χ2n) is 5.79. The van der Waals surface area contributed by atoms with E-state index < -0.39 is 11.9 Å². The Bertz CT molecular complexity index is 340. The number of hydrogen-bond acceptors (Lipinski definition) is 4. The molecule has 2 aliphatic heterocycles. The summed E-state index contributed by atoms with van der Waals surface area (Å²) in [7, 11) is 0. The van der Waals surface area contributed by atoms with E-state index in [1.54, 1.807) is 0 Å². The van der Waals surface area contributed by atoms with Gasteiger partial charge >= 0.3 is 11.9 Å². The third-order valence-electron chi connectivity index (χ3n) is 4.35.